The van der Waals surface area contributed by atoms with E-state index in [4.69, 9.17) is 0 Å². The Morgan fingerprint density at radius 2 is 2.47 bits per heavy atom. The van der Waals surface area contributed by atoms with E-state index in [0.717, 1.165) is 3.79 Å². The summed E-state index contributed by atoms with van der Waals surface area (Å²) < 4.78 is 0.916. The van der Waals surface area contributed by atoms with Crippen molar-refractivity contribution >= 4 is 39.1 Å². The molecule has 0 aliphatic heterocycles. The molecular formula is C8H7BrN4OS. The molecular weight excluding hydrogens is 280 g/mol. The van der Waals surface area contributed by atoms with E-state index in [9.17, 15) is 4.79 Å². The monoisotopic (exact) mass is 286 g/mol. The van der Waals surface area contributed by atoms with Gasteiger partial charge in [-0.15, -0.1) is 16.4 Å². The second-order valence-electron chi connectivity index (χ2n) is 2.84. The molecule has 0 bridgehead atoms. The summed E-state index contributed by atoms with van der Waals surface area (Å²) in [7, 11) is 0. The molecule has 7 heteroatoms. The van der Waals surface area contributed by atoms with E-state index >= 15 is 0 Å². The van der Waals surface area contributed by atoms with Crippen molar-refractivity contribution in [1.82, 2.24) is 15.2 Å². The quantitative estimate of drug-likeness (QED) is 0.889. The molecule has 0 saturated carbocycles. The third kappa shape index (κ3) is 2.42. The Morgan fingerprint density at radius 3 is 3.00 bits per heavy atom. The van der Waals surface area contributed by atoms with Crippen LogP contribution >= 0.6 is 27.3 Å². The molecule has 0 spiro atoms. The van der Waals surface area contributed by atoms with Gasteiger partial charge >= 0.3 is 0 Å². The number of rotatable bonds is 2. The minimum Gasteiger partial charge on any atom is -0.289 e. The molecule has 15 heavy (non-hydrogen) atoms. The molecule has 5 nitrogen and oxygen atoms in total. The van der Waals surface area contributed by atoms with E-state index in [-0.39, 0.29) is 5.91 Å². The SMILES string of the molecule is Cc1nc(NC(=O)c2csc(Br)c2)n[nH]1. The largest absolute Gasteiger partial charge is 0.289 e. The van der Waals surface area contributed by atoms with Crippen LogP contribution < -0.4 is 5.32 Å². The molecule has 2 heterocycles. The number of aromatic nitrogens is 3. The number of anilines is 1. The Labute approximate surface area is 98.1 Å². The van der Waals surface area contributed by atoms with Crippen molar-refractivity contribution in [3.8, 4) is 0 Å². The normalized spacial score (nSPS) is 10.3. The second kappa shape index (κ2) is 4.11. The molecule has 0 fully saturated rings. The lowest BCUT2D eigenvalue weighted by molar-refractivity contribution is 0.102. The van der Waals surface area contributed by atoms with E-state index < -0.39 is 0 Å². The fourth-order valence-electron chi connectivity index (χ4n) is 1.00. The summed E-state index contributed by atoms with van der Waals surface area (Å²) in [5.41, 5.74) is 0.592. The Hall–Kier alpha value is -1.21. The lowest BCUT2D eigenvalue weighted by Crippen LogP contribution is -2.11. The molecule has 0 atom stereocenters. The Morgan fingerprint density at radius 1 is 1.67 bits per heavy atom. The van der Waals surface area contributed by atoms with Crippen LogP contribution in [0.2, 0.25) is 0 Å². The average Bonchev–Trinajstić information content (AvgIpc) is 2.75. The molecule has 2 aromatic rings. The fourth-order valence-corrected chi connectivity index (χ4v) is 2.14. The van der Waals surface area contributed by atoms with Gasteiger partial charge in [-0.05, 0) is 28.9 Å². The summed E-state index contributed by atoms with van der Waals surface area (Å²) in [5, 5.41) is 10.8. The summed E-state index contributed by atoms with van der Waals surface area (Å²) in [4.78, 5) is 15.6. The number of thiophene rings is 1. The third-order valence-corrected chi connectivity index (χ3v) is 3.16. The number of nitrogens with one attached hydrogen (secondary N) is 2. The summed E-state index contributed by atoms with van der Waals surface area (Å²) in [6, 6.07) is 1.75. The van der Waals surface area contributed by atoms with Gasteiger partial charge in [0, 0.05) is 5.38 Å². The summed E-state index contributed by atoms with van der Waals surface area (Å²) >= 11 is 4.75. The number of nitrogens with zero attached hydrogens (tertiary/aromatic N) is 2. The van der Waals surface area contributed by atoms with Crippen molar-refractivity contribution in [1.29, 1.82) is 0 Å². The van der Waals surface area contributed by atoms with Gasteiger partial charge in [0.05, 0.1) is 9.35 Å². The van der Waals surface area contributed by atoms with Crippen LogP contribution in [0.1, 0.15) is 16.2 Å². The zero-order valence-electron chi connectivity index (χ0n) is 7.74. The number of H-pyrrole nitrogens is 1. The van der Waals surface area contributed by atoms with Gasteiger partial charge in [-0.1, -0.05) is 0 Å². The van der Waals surface area contributed by atoms with E-state index in [1.807, 2.05) is 0 Å². The highest BCUT2D eigenvalue weighted by Crippen LogP contribution is 2.21. The van der Waals surface area contributed by atoms with Crippen molar-refractivity contribution < 1.29 is 4.79 Å². The first-order chi connectivity index (χ1) is 7.15. The topological polar surface area (TPSA) is 70.7 Å². The number of amides is 1. The van der Waals surface area contributed by atoms with Crippen molar-refractivity contribution in [3.63, 3.8) is 0 Å². The van der Waals surface area contributed by atoms with E-state index in [0.29, 0.717) is 17.3 Å². The first-order valence-electron chi connectivity index (χ1n) is 4.09. The number of aromatic amines is 1. The minimum absolute atomic E-state index is 0.212. The van der Waals surface area contributed by atoms with Crippen LogP contribution in [0, 0.1) is 6.92 Å². The first kappa shape index (κ1) is 10.3. The summed E-state index contributed by atoms with van der Waals surface area (Å²) in [5.74, 6) is 0.743. The molecule has 1 amide bonds. The number of carbonyl (C=O) groups excluding carboxylic acids is 1. The number of aryl methyl sites for hydroxylation is 1. The highest BCUT2D eigenvalue weighted by molar-refractivity contribution is 9.11. The standard InChI is InChI=1S/C8H7BrN4OS/c1-4-10-8(13-12-4)11-7(14)5-2-6(9)15-3-5/h2-3H,1H3,(H2,10,11,12,13,14). The van der Waals surface area contributed by atoms with E-state index in [1.54, 1.807) is 18.4 Å². The smallest absolute Gasteiger partial charge is 0.258 e. The van der Waals surface area contributed by atoms with Crippen LogP contribution in [0.3, 0.4) is 0 Å². The Balaban J connectivity index is 2.10. The van der Waals surface area contributed by atoms with Crippen molar-refractivity contribution in [3.05, 3.63) is 26.6 Å². The van der Waals surface area contributed by atoms with Gasteiger partial charge in [0.25, 0.3) is 5.91 Å². The van der Waals surface area contributed by atoms with Crippen LogP contribution in [-0.2, 0) is 0 Å². The van der Waals surface area contributed by atoms with Gasteiger partial charge in [0.2, 0.25) is 5.95 Å². The molecule has 2 rings (SSSR count). The predicted octanol–water partition coefficient (Wildman–Crippen LogP) is 2.19. The number of carbonyl (C=O) groups is 1. The molecule has 78 valence electrons. The Bertz CT molecular complexity index is 492. The molecule has 0 aliphatic carbocycles. The van der Waals surface area contributed by atoms with Gasteiger partial charge < -0.3 is 0 Å². The molecule has 0 radical (unpaired) electrons. The second-order valence-corrected chi connectivity index (χ2v) is 5.13. The minimum atomic E-state index is -0.212. The van der Waals surface area contributed by atoms with Crippen LogP contribution in [0.5, 0.6) is 0 Å². The third-order valence-electron chi connectivity index (χ3n) is 1.65. The average molecular weight is 287 g/mol. The number of hydrogen-bond acceptors (Lipinski definition) is 4. The highest BCUT2D eigenvalue weighted by atomic mass is 79.9. The first-order valence-corrected chi connectivity index (χ1v) is 5.77. The number of halogens is 1. The maximum atomic E-state index is 11.6. The van der Waals surface area contributed by atoms with Gasteiger partial charge in [-0.25, -0.2) is 0 Å². The van der Waals surface area contributed by atoms with Gasteiger partial charge in [0.1, 0.15) is 5.82 Å². The molecule has 2 N–H and O–H groups in total. The van der Waals surface area contributed by atoms with Crippen molar-refractivity contribution in [2.24, 2.45) is 0 Å². The van der Waals surface area contributed by atoms with Crippen molar-refractivity contribution in [2.75, 3.05) is 5.32 Å². The molecule has 0 aromatic carbocycles. The van der Waals surface area contributed by atoms with Crippen LogP contribution in [0.25, 0.3) is 0 Å². The van der Waals surface area contributed by atoms with Gasteiger partial charge in [-0.2, -0.15) is 4.98 Å². The van der Waals surface area contributed by atoms with E-state index in [1.165, 1.54) is 11.3 Å². The molecule has 0 unspecified atom stereocenters. The lowest BCUT2D eigenvalue weighted by atomic mass is 10.3. The molecule has 2 aromatic heterocycles. The highest BCUT2D eigenvalue weighted by Gasteiger charge is 2.10. The fraction of sp³-hybridized carbons (Fsp3) is 0.125. The lowest BCUT2D eigenvalue weighted by Gasteiger charge is -1.96. The van der Waals surface area contributed by atoms with Crippen LogP contribution in [-0.4, -0.2) is 21.1 Å². The predicted molar refractivity (Wildman–Crippen MR) is 61.1 cm³/mol. The van der Waals surface area contributed by atoms with Crippen LogP contribution in [0.4, 0.5) is 5.95 Å². The molecule has 0 aliphatic rings. The van der Waals surface area contributed by atoms with Crippen molar-refractivity contribution in [2.45, 2.75) is 6.92 Å². The summed E-state index contributed by atoms with van der Waals surface area (Å²) in [6.45, 7) is 1.77. The van der Waals surface area contributed by atoms with Crippen LogP contribution in [0.15, 0.2) is 15.2 Å². The molecule has 0 saturated heterocycles. The number of hydrogen-bond donors (Lipinski definition) is 2. The van der Waals surface area contributed by atoms with Gasteiger partial charge in [-0.3, -0.25) is 15.2 Å². The summed E-state index contributed by atoms with van der Waals surface area (Å²) in [6.07, 6.45) is 0. The zero-order valence-corrected chi connectivity index (χ0v) is 10.1. The zero-order chi connectivity index (χ0) is 10.8. The van der Waals surface area contributed by atoms with E-state index in [2.05, 4.69) is 36.4 Å². The Kier molecular flexibility index (Phi) is 2.83. The maximum Gasteiger partial charge on any atom is 0.258 e. The maximum absolute atomic E-state index is 11.6. The van der Waals surface area contributed by atoms with Gasteiger partial charge in [0.15, 0.2) is 0 Å².